The maximum atomic E-state index is 13.1. The first-order valence-corrected chi connectivity index (χ1v) is 9.47. The van der Waals surface area contributed by atoms with Gasteiger partial charge in [0.2, 0.25) is 5.78 Å². The fourth-order valence-electron chi connectivity index (χ4n) is 2.87. The van der Waals surface area contributed by atoms with Crippen molar-refractivity contribution in [2.45, 2.75) is 0 Å². The van der Waals surface area contributed by atoms with E-state index in [1.807, 2.05) is 72.8 Å². The highest BCUT2D eigenvalue weighted by Crippen LogP contribution is 2.38. The van der Waals surface area contributed by atoms with Gasteiger partial charge in [-0.05, 0) is 29.3 Å². The molecule has 126 valence electrons. The minimum Gasteiger partial charge on any atom is -0.288 e. The Bertz CT molecular complexity index is 1030. The number of thiophene rings is 1. The van der Waals surface area contributed by atoms with Gasteiger partial charge in [-0.15, -0.1) is 11.3 Å². The molecule has 0 saturated carbocycles. The van der Waals surface area contributed by atoms with Crippen molar-refractivity contribution in [1.29, 1.82) is 0 Å². The third-order valence-electron chi connectivity index (χ3n) is 4.19. The smallest absolute Gasteiger partial charge is 0.203 e. The molecule has 0 aliphatic heterocycles. The molecule has 26 heavy (non-hydrogen) atoms. The van der Waals surface area contributed by atoms with Crippen LogP contribution >= 0.6 is 22.9 Å². The molecule has 3 heteroatoms. The molecule has 1 aromatic heterocycles. The second-order valence-corrected chi connectivity index (χ2v) is 7.41. The molecular weight excluding hydrogens is 360 g/mol. The molecule has 0 radical (unpaired) electrons. The number of carbonyl (C=O) groups excluding carboxylic acids is 1. The Labute approximate surface area is 161 Å². The highest BCUT2D eigenvalue weighted by atomic mass is 35.5. The molecule has 4 rings (SSSR count). The molecule has 0 fully saturated rings. The van der Waals surface area contributed by atoms with Gasteiger partial charge in [0, 0.05) is 21.0 Å². The molecule has 0 spiro atoms. The first-order valence-electron chi connectivity index (χ1n) is 8.27. The summed E-state index contributed by atoms with van der Waals surface area (Å²) in [5.74, 6) is 0.0442. The van der Waals surface area contributed by atoms with Gasteiger partial charge >= 0.3 is 0 Å². The SMILES string of the molecule is O=C(c1ccccc1)c1sc(-c2ccccc2)cc1-c1ccc(Cl)cc1. The maximum Gasteiger partial charge on any atom is 0.203 e. The van der Waals surface area contributed by atoms with Crippen LogP contribution in [0.25, 0.3) is 21.6 Å². The normalized spacial score (nSPS) is 10.7. The van der Waals surface area contributed by atoms with Crippen LogP contribution in [0.15, 0.2) is 91.0 Å². The molecule has 1 heterocycles. The van der Waals surface area contributed by atoms with Crippen molar-refractivity contribution in [1.82, 2.24) is 0 Å². The van der Waals surface area contributed by atoms with Crippen LogP contribution in [-0.2, 0) is 0 Å². The quantitative estimate of drug-likeness (QED) is 0.352. The minimum absolute atomic E-state index is 0.0442. The maximum absolute atomic E-state index is 13.1. The second kappa shape index (κ2) is 7.28. The fourth-order valence-corrected chi connectivity index (χ4v) is 4.14. The van der Waals surface area contributed by atoms with Gasteiger partial charge in [-0.2, -0.15) is 0 Å². The predicted octanol–water partition coefficient (Wildman–Crippen LogP) is 6.97. The van der Waals surface area contributed by atoms with Gasteiger partial charge in [-0.1, -0.05) is 84.4 Å². The van der Waals surface area contributed by atoms with Gasteiger partial charge in [0.15, 0.2) is 0 Å². The van der Waals surface area contributed by atoms with Gasteiger partial charge in [0.25, 0.3) is 0 Å². The van der Waals surface area contributed by atoms with E-state index in [1.165, 1.54) is 11.3 Å². The number of carbonyl (C=O) groups is 1. The molecule has 0 aliphatic rings. The Balaban J connectivity index is 1.87. The van der Waals surface area contributed by atoms with Crippen molar-refractivity contribution in [3.05, 3.63) is 106 Å². The lowest BCUT2D eigenvalue weighted by atomic mass is 10.0. The third-order valence-corrected chi connectivity index (χ3v) is 5.62. The van der Waals surface area contributed by atoms with E-state index in [2.05, 4.69) is 18.2 Å². The number of ketones is 1. The number of benzene rings is 3. The zero-order valence-corrected chi connectivity index (χ0v) is 15.4. The summed E-state index contributed by atoms with van der Waals surface area (Å²) in [5.41, 5.74) is 3.75. The van der Waals surface area contributed by atoms with Crippen LogP contribution in [0.1, 0.15) is 15.2 Å². The van der Waals surface area contributed by atoms with Gasteiger partial charge in [-0.25, -0.2) is 0 Å². The Morgan fingerprint density at radius 2 is 1.35 bits per heavy atom. The highest BCUT2D eigenvalue weighted by molar-refractivity contribution is 7.18. The molecule has 0 atom stereocenters. The van der Waals surface area contributed by atoms with E-state index < -0.39 is 0 Å². The van der Waals surface area contributed by atoms with Gasteiger partial charge in [-0.3, -0.25) is 4.79 Å². The number of hydrogen-bond acceptors (Lipinski definition) is 2. The highest BCUT2D eigenvalue weighted by Gasteiger charge is 2.19. The Kier molecular flexibility index (Phi) is 4.70. The lowest BCUT2D eigenvalue weighted by Gasteiger charge is -2.04. The van der Waals surface area contributed by atoms with Crippen molar-refractivity contribution >= 4 is 28.7 Å². The number of halogens is 1. The average Bonchev–Trinajstić information content (AvgIpc) is 3.15. The molecule has 0 N–H and O–H groups in total. The summed E-state index contributed by atoms with van der Waals surface area (Å²) < 4.78 is 0. The molecule has 3 aromatic carbocycles. The predicted molar refractivity (Wildman–Crippen MR) is 110 cm³/mol. The molecule has 0 aliphatic carbocycles. The zero-order chi connectivity index (χ0) is 17.9. The Hall–Kier alpha value is -2.68. The van der Waals surface area contributed by atoms with Crippen molar-refractivity contribution in [2.24, 2.45) is 0 Å². The molecule has 4 aromatic rings. The summed E-state index contributed by atoms with van der Waals surface area (Å²) >= 11 is 7.57. The van der Waals surface area contributed by atoms with Crippen LogP contribution in [0.4, 0.5) is 0 Å². The van der Waals surface area contributed by atoms with E-state index >= 15 is 0 Å². The van der Waals surface area contributed by atoms with Crippen LogP contribution in [0.3, 0.4) is 0 Å². The average molecular weight is 375 g/mol. The van der Waals surface area contributed by atoms with Crippen LogP contribution in [0.5, 0.6) is 0 Å². The first kappa shape index (κ1) is 16.8. The Morgan fingerprint density at radius 3 is 2.00 bits per heavy atom. The van der Waals surface area contributed by atoms with Crippen molar-refractivity contribution < 1.29 is 4.79 Å². The van der Waals surface area contributed by atoms with E-state index in [0.717, 1.165) is 26.4 Å². The van der Waals surface area contributed by atoms with E-state index in [-0.39, 0.29) is 5.78 Å². The summed E-state index contributed by atoms with van der Waals surface area (Å²) in [6.45, 7) is 0. The van der Waals surface area contributed by atoms with Crippen molar-refractivity contribution in [3.8, 4) is 21.6 Å². The fraction of sp³-hybridized carbons (Fsp3) is 0. The lowest BCUT2D eigenvalue weighted by molar-refractivity contribution is 0.104. The van der Waals surface area contributed by atoms with Crippen LogP contribution < -0.4 is 0 Å². The van der Waals surface area contributed by atoms with Crippen molar-refractivity contribution in [2.75, 3.05) is 0 Å². The third kappa shape index (κ3) is 3.34. The van der Waals surface area contributed by atoms with E-state index in [0.29, 0.717) is 10.6 Å². The van der Waals surface area contributed by atoms with Crippen LogP contribution in [-0.4, -0.2) is 5.78 Å². The summed E-state index contributed by atoms with van der Waals surface area (Å²) in [4.78, 5) is 15.0. The summed E-state index contributed by atoms with van der Waals surface area (Å²) in [7, 11) is 0. The molecule has 0 bridgehead atoms. The first-order chi connectivity index (χ1) is 12.7. The van der Waals surface area contributed by atoms with Crippen LogP contribution in [0, 0.1) is 0 Å². The van der Waals surface area contributed by atoms with Gasteiger partial charge in [0.1, 0.15) is 0 Å². The zero-order valence-electron chi connectivity index (χ0n) is 13.9. The number of rotatable bonds is 4. The molecule has 0 amide bonds. The van der Waals surface area contributed by atoms with E-state index in [4.69, 9.17) is 11.6 Å². The molecule has 0 unspecified atom stereocenters. The summed E-state index contributed by atoms with van der Waals surface area (Å²) in [6, 6.07) is 29.3. The second-order valence-electron chi connectivity index (χ2n) is 5.92. The molecule has 0 saturated heterocycles. The lowest BCUT2D eigenvalue weighted by Crippen LogP contribution is -1.99. The minimum atomic E-state index is 0.0442. The monoisotopic (exact) mass is 374 g/mol. The van der Waals surface area contributed by atoms with E-state index in [1.54, 1.807) is 0 Å². The van der Waals surface area contributed by atoms with Gasteiger partial charge < -0.3 is 0 Å². The van der Waals surface area contributed by atoms with Crippen molar-refractivity contribution in [3.63, 3.8) is 0 Å². The van der Waals surface area contributed by atoms with Crippen LogP contribution in [0.2, 0.25) is 5.02 Å². The standard InChI is InChI=1S/C23H15ClOS/c24-19-13-11-16(12-14-19)20-15-21(17-7-3-1-4-8-17)26-23(20)22(25)18-9-5-2-6-10-18/h1-15H. The Morgan fingerprint density at radius 1 is 0.731 bits per heavy atom. The largest absolute Gasteiger partial charge is 0.288 e. The summed E-state index contributed by atoms with van der Waals surface area (Å²) in [6.07, 6.45) is 0. The molecule has 1 nitrogen and oxygen atoms in total. The summed E-state index contributed by atoms with van der Waals surface area (Å²) in [5, 5.41) is 0.684. The topological polar surface area (TPSA) is 17.1 Å². The van der Waals surface area contributed by atoms with E-state index in [9.17, 15) is 4.79 Å². The number of hydrogen-bond donors (Lipinski definition) is 0. The van der Waals surface area contributed by atoms with Gasteiger partial charge in [0.05, 0.1) is 4.88 Å². The molecular formula is C23H15ClOS.